The molecule has 3 aromatic rings. The molecule has 0 spiro atoms. The Morgan fingerprint density at radius 1 is 1.42 bits per heavy atom. The Hall–Kier alpha value is -2.18. The van der Waals surface area contributed by atoms with Crippen molar-refractivity contribution in [3.05, 3.63) is 53.8 Å². The average Bonchev–Trinajstić information content (AvgIpc) is 2.99. The van der Waals surface area contributed by atoms with E-state index in [1.807, 2.05) is 13.1 Å². The molecular weight excluding hydrogens is 247 g/mol. The molecule has 3 rings (SSSR count). The number of furan rings is 1. The van der Waals surface area contributed by atoms with E-state index in [4.69, 9.17) is 10.3 Å². The third-order valence-electron chi connectivity index (χ3n) is 3.12. The van der Waals surface area contributed by atoms with Gasteiger partial charge in [0.05, 0.1) is 5.69 Å². The summed E-state index contributed by atoms with van der Waals surface area (Å²) >= 11 is 0. The minimum atomic E-state index is -0.385. The maximum atomic E-state index is 13.6. The summed E-state index contributed by atoms with van der Waals surface area (Å²) in [6.45, 7) is 0. The fraction of sp³-hybridized carbons (Fsp3) is 0.154. The molecule has 3 N–H and O–H groups in total. The summed E-state index contributed by atoms with van der Waals surface area (Å²) in [7, 11) is 1.81. The molecule has 0 aliphatic carbocycles. The van der Waals surface area contributed by atoms with Gasteiger partial charge in [0.2, 0.25) is 0 Å². The van der Waals surface area contributed by atoms with Crippen LogP contribution in [0.3, 0.4) is 0 Å². The predicted molar refractivity (Wildman–Crippen MR) is 68.5 cm³/mol. The normalized spacial score (nSPS) is 13.0. The SMILES string of the molecule is Cn1nccc1C(NN)c1cc2cccc(F)c2o1. The Morgan fingerprint density at radius 3 is 2.89 bits per heavy atom. The lowest BCUT2D eigenvalue weighted by atomic mass is 10.1. The van der Waals surface area contributed by atoms with E-state index in [1.165, 1.54) is 6.07 Å². The van der Waals surface area contributed by atoms with Crippen LogP contribution in [0, 0.1) is 5.82 Å². The first-order valence-electron chi connectivity index (χ1n) is 5.82. The van der Waals surface area contributed by atoms with Crippen molar-refractivity contribution in [1.82, 2.24) is 15.2 Å². The maximum absolute atomic E-state index is 13.6. The van der Waals surface area contributed by atoms with Gasteiger partial charge in [0.1, 0.15) is 11.8 Å². The summed E-state index contributed by atoms with van der Waals surface area (Å²) in [6, 6.07) is 8.03. The summed E-state index contributed by atoms with van der Waals surface area (Å²) < 4.78 is 20.9. The highest BCUT2D eigenvalue weighted by Gasteiger charge is 2.20. The first-order valence-corrected chi connectivity index (χ1v) is 5.82. The van der Waals surface area contributed by atoms with E-state index < -0.39 is 0 Å². The third-order valence-corrected chi connectivity index (χ3v) is 3.12. The number of hydrogen-bond acceptors (Lipinski definition) is 4. The van der Waals surface area contributed by atoms with E-state index in [1.54, 1.807) is 29.1 Å². The lowest BCUT2D eigenvalue weighted by Gasteiger charge is -2.13. The summed E-state index contributed by atoms with van der Waals surface area (Å²) in [5.74, 6) is 5.74. The molecule has 0 bridgehead atoms. The van der Waals surface area contributed by atoms with E-state index in [9.17, 15) is 4.39 Å². The highest BCUT2D eigenvalue weighted by atomic mass is 19.1. The fourth-order valence-corrected chi connectivity index (χ4v) is 2.17. The van der Waals surface area contributed by atoms with Crippen molar-refractivity contribution < 1.29 is 8.81 Å². The molecule has 0 aliphatic rings. The van der Waals surface area contributed by atoms with Gasteiger partial charge in [-0.05, 0) is 18.2 Å². The number of halogens is 1. The van der Waals surface area contributed by atoms with Gasteiger partial charge >= 0.3 is 0 Å². The summed E-state index contributed by atoms with van der Waals surface area (Å²) in [5.41, 5.74) is 3.74. The Morgan fingerprint density at radius 2 is 2.26 bits per heavy atom. The van der Waals surface area contributed by atoms with Crippen molar-refractivity contribution in [2.24, 2.45) is 12.9 Å². The van der Waals surface area contributed by atoms with Crippen LogP contribution in [0.4, 0.5) is 4.39 Å². The number of fused-ring (bicyclic) bond motifs is 1. The van der Waals surface area contributed by atoms with Crippen LogP contribution in [0.2, 0.25) is 0 Å². The van der Waals surface area contributed by atoms with Crippen LogP contribution < -0.4 is 11.3 Å². The Bertz CT molecular complexity index is 718. The van der Waals surface area contributed by atoms with Gasteiger partial charge in [-0.3, -0.25) is 10.5 Å². The van der Waals surface area contributed by atoms with Gasteiger partial charge in [0.15, 0.2) is 11.4 Å². The summed E-state index contributed by atoms with van der Waals surface area (Å²) in [5, 5.41) is 4.79. The molecule has 0 aliphatic heterocycles. The smallest absolute Gasteiger partial charge is 0.169 e. The van der Waals surface area contributed by atoms with Crippen LogP contribution in [0.25, 0.3) is 11.0 Å². The zero-order chi connectivity index (χ0) is 13.4. The number of aryl methyl sites for hydroxylation is 1. The number of nitrogens with two attached hydrogens (primary N) is 1. The van der Waals surface area contributed by atoms with Gasteiger partial charge in [0, 0.05) is 18.6 Å². The maximum Gasteiger partial charge on any atom is 0.169 e. The molecule has 1 unspecified atom stereocenters. The highest BCUT2D eigenvalue weighted by Crippen LogP contribution is 2.28. The number of rotatable bonds is 3. The first-order chi connectivity index (χ1) is 9.20. The first kappa shape index (κ1) is 11.9. The molecule has 5 nitrogen and oxygen atoms in total. The molecule has 6 heteroatoms. The molecule has 0 fully saturated rings. The molecule has 2 heterocycles. The largest absolute Gasteiger partial charge is 0.456 e. The zero-order valence-electron chi connectivity index (χ0n) is 10.3. The number of benzene rings is 1. The van der Waals surface area contributed by atoms with E-state index in [0.29, 0.717) is 11.1 Å². The summed E-state index contributed by atoms with van der Waals surface area (Å²) in [4.78, 5) is 0. The molecule has 1 aromatic carbocycles. The molecule has 0 saturated carbocycles. The minimum Gasteiger partial charge on any atom is -0.456 e. The van der Waals surface area contributed by atoms with E-state index >= 15 is 0 Å². The number of nitrogens with one attached hydrogen (secondary N) is 1. The quantitative estimate of drug-likeness (QED) is 0.557. The minimum absolute atomic E-state index is 0.236. The number of aromatic nitrogens is 2. The molecule has 0 amide bonds. The molecule has 0 saturated heterocycles. The second kappa shape index (κ2) is 4.49. The van der Waals surface area contributed by atoms with Gasteiger partial charge in [-0.2, -0.15) is 5.10 Å². The lowest BCUT2D eigenvalue weighted by Crippen LogP contribution is -2.30. The Kier molecular flexibility index (Phi) is 2.81. The van der Waals surface area contributed by atoms with Gasteiger partial charge in [0.25, 0.3) is 0 Å². The second-order valence-electron chi connectivity index (χ2n) is 4.29. The molecule has 98 valence electrons. The molecule has 2 aromatic heterocycles. The van der Waals surface area contributed by atoms with E-state index in [-0.39, 0.29) is 17.4 Å². The van der Waals surface area contributed by atoms with Crippen LogP contribution >= 0.6 is 0 Å². The number of para-hydroxylation sites is 1. The topological polar surface area (TPSA) is 69.0 Å². The molecule has 1 atom stereocenters. The fourth-order valence-electron chi connectivity index (χ4n) is 2.17. The van der Waals surface area contributed by atoms with Gasteiger partial charge in [-0.1, -0.05) is 12.1 Å². The predicted octanol–water partition coefficient (Wildman–Crippen LogP) is 1.86. The van der Waals surface area contributed by atoms with Gasteiger partial charge < -0.3 is 4.42 Å². The van der Waals surface area contributed by atoms with Crippen LogP contribution in [-0.4, -0.2) is 9.78 Å². The lowest BCUT2D eigenvalue weighted by molar-refractivity contribution is 0.449. The van der Waals surface area contributed by atoms with Crippen molar-refractivity contribution in [3.8, 4) is 0 Å². The molecule has 0 radical (unpaired) electrons. The van der Waals surface area contributed by atoms with Crippen molar-refractivity contribution in [3.63, 3.8) is 0 Å². The van der Waals surface area contributed by atoms with Crippen LogP contribution in [0.15, 0.2) is 40.9 Å². The standard InChI is InChI=1S/C13H13FN4O/c1-18-10(5-6-16-18)12(17-15)11-7-8-3-2-4-9(14)13(8)19-11/h2-7,12,17H,15H2,1H3. The monoisotopic (exact) mass is 260 g/mol. The van der Waals surface area contributed by atoms with Crippen molar-refractivity contribution in [1.29, 1.82) is 0 Å². The second-order valence-corrected chi connectivity index (χ2v) is 4.29. The highest BCUT2D eigenvalue weighted by molar-refractivity contribution is 5.78. The van der Waals surface area contributed by atoms with E-state index in [0.717, 1.165) is 5.69 Å². The van der Waals surface area contributed by atoms with Crippen LogP contribution in [0.1, 0.15) is 17.5 Å². The average molecular weight is 260 g/mol. The number of hydrogen-bond donors (Lipinski definition) is 2. The Labute approximate surface area is 108 Å². The van der Waals surface area contributed by atoms with E-state index in [2.05, 4.69) is 10.5 Å². The van der Waals surface area contributed by atoms with Crippen LogP contribution in [-0.2, 0) is 7.05 Å². The number of nitrogens with zero attached hydrogens (tertiary/aromatic N) is 2. The van der Waals surface area contributed by atoms with Crippen LogP contribution in [0.5, 0.6) is 0 Å². The summed E-state index contributed by atoms with van der Waals surface area (Å²) in [6.07, 6.45) is 1.67. The van der Waals surface area contributed by atoms with Crippen molar-refractivity contribution in [2.75, 3.05) is 0 Å². The molecule has 19 heavy (non-hydrogen) atoms. The van der Waals surface area contributed by atoms with Gasteiger partial charge in [-0.15, -0.1) is 0 Å². The van der Waals surface area contributed by atoms with Gasteiger partial charge in [-0.25, -0.2) is 9.82 Å². The molecular formula is C13H13FN4O. The number of hydrazine groups is 1. The van der Waals surface area contributed by atoms with Crippen molar-refractivity contribution >= 4 is 11.0 Å². The third kappa shape index (κ3) is 1.91. The van der Waals surface area contributed by atoms with Crippen molar-refractivity contribution in [2.45, 2.75) is 6.04 Å². The Balaban J connectivity index is 2.12. The zero-order valence-corrected chi connectivity index (χ0v) is 10.3.